The van der Waals surface area contributed by atoms with Gasteiger partial charge >= 0.3 is 0 Å². The minimum absolute atomic E-state index is 0. The van der Waals surface area contributed by atoms with Gasteiger partial charge in [-0.25, -0.2) is 8.78 Å². The molecule has 7 aromatic carbocycles. The normalized spacial score (nSPS) is 15.1. The summed E-state index contributed by atoms with van der Waals surface area (Å²) in [4.78, 5) is 8.91. The van der Waals surface area contributed by atoms with E-state index in [1.165, 1.54) is 24.4 Å². The molecule has 0 bridgehead atoms. The van der Waals surface area contributed by atoms with Crippen LogP contribution in [-0.4, -0.2) is 9.97 Å². The maximum absolute atomic E-state index is 14.2. The first kappa shape index (κ1) is 32.3. The van der Waals surface area contributed by atoms with E-state index < -0.39 is 43.8 Å². The zero-order valence-electron chi connectivity index (χ0n) is 46.3. The number of hydrogen-bond donors (Lipinski definition) is 0. The maximum atomic E-state index is 14.2. The number of benzene rings is 7. The van der Waals surface area contributed by atoms with E-state index in [-0.39, 0.29) is 47.9 Å². The SMILES string of the molecule is [2H]C([2H])([2H])c1c[c-]c(-c2ccc(C([2H])([2H])C(C)(C)C)cn2)cc1-c1ccccc1.[2H]C([2H])([2H])c1cnc(-c2[c-]ccc3c2oc2c3ccc3ccc4ccccc4c32)cc1-c1ccc(C(C)(F)F)cc1C([2H])([2H])[2H].[Ir]. The number of pyridine rings is 2. The van der Waals surface area contributed by atoms with Crippen molar-refractivity contribution in [1.29, 1.82) is 0 Å². The van der Waals surface area contributed by atoms with Crippen LogP contribution in [0.5, 0.6) is 0 Å². The minimum atomic E-state index is -3.30. The fraction of sp³-hybridized carbons (Fsp3) is 0.172. The second-order valence-electron chi connectivity index (χ2n) is 16.6. The molecule has 0 spiro atoms. The second-order valence-corrected chi connectivity index (χ2v) is 16.6. The Morgan fingerprint density at radius 2 is 1.36 bits per heavy atom. The predicted molar refractivity (Wildman–Crippen MR) is 257 cm³/mol. The Kier molecular flexibility index (Phi) is 8.93. The molecule has 0 saturated carbocycles. The molecule has 0 fully saturated rings. The van der Waals surface area contributed by atoms with Crippen LogP contribution in [0.3, 0.4) is 0 Å². The number of aryl methyl sites for hydroxylation is 3. The number of rotatable bonds is 6. The van der Waals surface area contributed by atoms with Crippen molar-refractivity contribution < 1.29 is 48.4 Å². The second kappa shape index (κ2) is 17.7. The molecule has 0 amide bonds. The van der Waals surface area contributed by atoms with Crippen LogP contribution in [0.2, 0.25) is 0 Å². The fourth-order valence-electron chi connectivity index (χ4n) is 7.90. The zero-order chi connectivity index (χ0) is 53.3. The zero-order valence-corrected chi connectivity index (χ0v) is 37.7. The number of alkyl halides is 2. The predicted octanol–water partition coefficient (Wildman–Crippen LogP) is 16.3. The molecule has 3 heterocycles. The summed E-state index contributed by atoms with van der Waals surface area (Å²) in [6.07, 6.45) is 1.21. The molecule has 0 aliphatic carbocycles. The standard InChI is InChI=1S/C35H24F2NO.C23H24N.Ir/c1-20-17-24(35(3,36)37)14-16-25(20)30-18-31(38-19-21(30)2)29-10-6-9-27-28-15-13-23-12-11-22-7-4-5-8-26(22)32(23)34(28)39-33(27)29;1-17-10-12-20(14-21(17)19-8-6-5-7-9-19)22-13-11-18(16-24-22)15-23(2,3)4;/h4-9,11-19H,1-3H3;5-11,13-14,16H,15H2,1-4H3;/q2*-1;/i1D3,2D3;1D3,15D2;. The van der Waals surface area contributed by atoms with E-state index in [1.54, 1.807) is 30.5 Å². The Balaban J connectivity index is 0.000000216. The molecule has 0 aliphatic heterocycles. The summed E-state index contributed by atoms with van der Waals surface area (Å²) < 4.78 is 124. The number of aromatic nitrogens is 2. The quantitative estimate of drug-likeness (QED) is 0.123. The van der Waals surface area contributed by atoms with E-state index in [0.717, 1.165) is 50.0 Å². The van der Waals surface area contributed by atoms with Crippen LogP contribution in [0.15, 0.2) is 156 Å². The average Bonchev–Trinajstić information content (AvgIpc) is 3.74. The Hall–Kier alpha value is -6.33. The number of fused-ring (bicyclic) bond motifs is 7. The molecule has 321 valence electrons. The van der Waals surface area contributed by atoms with Gasteiger partial charge in [0.05, 0.1) is 5.58 Å². The summed E-state index contributed by atoms with van der Waals surface area (Å²) in [7, 11) is 0. The van der Waals surface area contributed by atoms with Crippen LogP contribution in [0.1, 0.15) is 70.6 Å². The first-order valence-corrected chi connectivity index (χ1v) is 20.4. The molecule has 10 aromatic rings. The number of nitrogens with zero attached hydrogens (tertiary/aromatic N) is 2. The molecule has 3 nitrogen and oxygen atoms in total. The fourth-order valence-corrected chi connectivity index (χ4v) is 7.90. The Morgan fingerprint density at radius 3 is 2.11 bits per heavy atom. The van der Waals surface area contributed by atoms with E-state index in [0.29, 0.717) is 51.7 Å². The van der Waals surface area contributed by atoms with Crippen LogP contribution >= 0.6 is 0 Å². The van der Waals surface area contributed by atoms with Crippen molar-refractivity contribution in [2.75, 3.05) is 0 Å². The van der Waals surface area contributed by atoms with Crippen LogP contribution in [0.4, 0.5) is 8.78 Å². The number of furan rings is 1. The molecule has 1 radical (unpaired) electrons. The summed E-state index contributed by atoms with van der Waals surface area (Å²) >= 11 is 0. The van der Waals surface area contributed by atoms with Gasteiger partial charge in [0.2, 0.25) is 0 Å². The van der Waals surface area contributed by atoms with Gasteiger partial charge in [-0.1, -0.05) is 153 Å². The third kappa shape index (κ3) is 8.91. The monoisotopic (exact) mass is 1030 g/mol. The molecule has 6 heteroatoms. The van der Waals surface area contributed by atoms with Crippen molar-refractivity contribution in [3.8, 4) is 44.8 Å². The summed E-state index contributed by atoms with van der Waals surface area (Å²) in [5, 5.41) is 5.73. The van der Waals surface area contributed by atoms with Crippen LogP contribution in [0, 0.1) is 38.1 Å². The van der Waals surface area contributed by atoms with Crippen molar-refractivity contribution in [2.24, 2.45) is 5.41 Å². The van der Waals surface area contributed by atoms with Gasteiger partial charge in [-0.15, -0.1) is 47.5 Å². The third-order valence-corrected chi connectivity index (χ3v) is 10.9. The van der Waals surface area contributed by atoms with Crippen LogP contribution < -0.4 is 0 Å². The molecule has 3 aromatic heterocycles. The average molecular weight is 1030 g/mol. The van der Waals surface area contributed by atoms with Gasteiger partial charge in [0.1, 0.15) is 5.58 Å². The molecule has 0 aliphatic rings. The Morgan fingerprint density at radius 1 is 0.625 bits per heavy atom. The molecular weight excluding hydrogens is 971 g/mol. The number of hydrogen-bond acceptors (Lipinski definition) is 3. The topological polar surface area (TPSA) is 38.9 Å². The molecule has 0 N–H and O–H groups in total. The van der Waals surface area contributed by atoms with E-state index in [4.69, 9.17) is 19.5 Å². The van der Waals surface area contributed by atoms with Crippen molar-refractivity contribution in [2.45, 2.75) is 60.5 Å². The van der Waals surface area contributed by atoms with Gasteiger partial charge in [0, 0.05) is 70.8 Å². The van der Waals surface area contributed by atoms with Crippen molar-refractivity contribution in [3.63, 3.8) is 0 Å². The van der Waals surface area contributed by atoms with Gasteiger partial charge < -0.3 is 14.4 Å². The van der Waals surface area contributed by atoms with Crippen molar-refractivity contribution >= 4 is 43.5 Å². The van der Waals surface area contributed by atoms with Gasteiger partial charge in [-0.3, -0.25) is 0 Å². The van der Waals surface area contributed by atoms with Crippen LogP contribution in [-0.2, 0) is 32.4 Å². The van der Waals surface area contributed by atoms with E-state index in [9.17, 15) is 8.78 Å². The molecular formula is C58H48F2IrN2O-2. The number of halogens is 2. The molecule has 10 rings (SSSR count). The van der Waals surface area contributed by atoms with Crippen molar-refractivity contribution in [1.82, 2.24) is 9.97 Å². The summed E-state index contributed by atoms with van der Waals surface area (Å²) in [6, 6.07) is 46.9. The molecule has 64 heavy (non-hydrogen) atoms. The molecule has 0 unspecified atom stereocenters. The smallest absolute Gasteiger partial charge is 0.270 e. The summed E-state index contributed by atoms with van der Waals surface area (Å²) in [5.74, 6) is -3.30. The largest absolute Gasteiger partial charge is 0.500 e. The first-order valence-electron chi connectivity index (χ1n) is 25.9. The minimum Gasteiger partial charge on any atom is -0.500 e. The van der Waals surface area contributed by atoms with Gasteiger partial charge in [-0.2, -0.15) is 0 Å². The maximum Gasteiger partial charge on any atom is 0.270 e. The van der Waals surface area contributed by atoms with Crippen LogP contribution in [0.25, 0.3) is 88.3 Å². The van der Waals surface area contributed by atoms with E-state index in [2.05, 4.69) is 28.2 Å². The van der Waals surface area contributed by atoms with Gasteiger partial charge in [0.15, 0.2) is 0 Å². The van der Waals surface area contributed by atoms with E-state index >= 15 is 0 Å². The first-order chi connectivity index (χ1) is 34.6. The van der Waals surface area contributed by atoms with Gasteiger partial charge in [-0.05, 0) is 92.5 Å². The Bertz CT molecular complexity index is 3750. The Labute approximate surface area is 403 Å². The summed E-state index contributed by atoms with van der Waals surface area (Å²) in [6.45, 7) is -1.48. The molecule has 0 atom stereocenters. The summed E-state index contributed by atoms with van der Waals surface area (Å²) in [5.41, 5.74) is 3.79. The molecule has 0 saturated heterocycles. The van der Waals surface area contributed by atoms with Crippen molar-refractivity contribution in [3.05, 3.63) is 192 Å². The van der Waals surface area contributed by atoms with Gasteiger partial charge in [0.25, 0.3) is 5.92 Å². The van der Waals surface area contributed by atoms with E-state index in [1.807, 2.05) is 99.6 Å². The third-order valence-electron chi connectivity index (χ3n) is 10.9.